The highest BCUT2D eigenvalue weighted by Crippen LogP contribution is 2.36. The first-order valence-corrected chi connectivity index (χ1v) is 21.0. The van der Waals surface area contributed by atoms with Gasteiger partial charge in [-0.1, -0.05) is 24.3 Å². The molecule has 11 rings (SSSR count). The van der Waals surface area contributed by atoms with Gasteiger partial charge in [-0.25, -0.2) is 33.0 Å². The van der Waals surface area contributed by atoms with Crippen LogP contribution in [-0.4, -0.2) is 87.4 Å². The van der Waals surface area contributed by atoms with Gasteiger partial charge < -0.3 is 28.4 Å². The largest absolute Gasteiger partial charge is 0.457 e. The normalized spacial score (nSPS) is 18.7. The molecule has 5 aliphatic rings. The van der Waals surface area contributed by atoms with Crippen LogP contribution in [0.3, 0.4) is 0 Å². The number of benzene rings is 5. The first-order chi connectivity index (χ1) is 31.9. The number of carbonyl (C=O) groups is 4. The van der Waals surface area contributed by atoms with E-state index < -0.39 is 34.8 Å². The lowest BCUT2D eigenvalue weighted by molar-refractivity contribution is 0.0692. The Morgan fingerprint density at radius 2 is 0.833 bits per heavy atom. The Morgan fingerprint density at radius 1 is 0.455 bits per heavy atom. The summed E-state index contributed by atoms with van der Waals surface area (Å²) in [5.74, 6) is 1.09. The topological polar surface area (TPSA) is 206 Å². The molecule has 5 aromatic carbocycles. The number of epoxide rings is 3. The molecule has 5 aliphatic heterocycles. The van der Waals surface area contributed by atoms with Gasteiger partial charge in [0.1, 0.15) is 34.5 Å². The van der Waals surface area contributed by atoms with E-state index in [1.807, 2.05) is 43.3 Å². The second-order valence-corrected chi connectivity index (χ2v) is 16.2. The number of rotatable bonds is 13. The molecule has 0 radical (unpaired) electrons. The average Bonchev–Trinajstić information content (AvgIpc) is 4.19. The molecule has 0 spiro atoms. The maximum absolute atomic E-state index is 13.5. The molecule has 0 bridgehead atoms. The van der Waals surface area contributed by atoms with E-state index in [9.17, 15) is 33.6 Å². The van der Waals surface area contributed by atoms with E-state index in [2.05, 4.69) is 0 Å². The molecule has 3 fully saturated rings. The van der Waals surface area contributed by atoms with Gasteiger partial charge >= 0.3 is 17.1 Å². The minimum atomic E-state index is -0.594. The van der Waals surface area contributed by atoms with Gasteiger partial charge in [-0.15, -0.1) is 0 Å². The fourth-order valence-electron chi connectivity index (χ4n) is 7.58. The highest BCUT2D eigenvalue weighted by Gasteiger charge is 2.38. The molecule has 66 heavy (non-hydrogen) atoms. The number of aromatic nitrogens is 3. The molecular formula is C48H39N5O13. The van der Waals surface area contributed by atoms with E-state index in [1.165, 1.54) is 31.3 Å². The number of hydrogen-bond acceptors (Lipinski definition) is 13. The zero-order chi connectivity index (χ0) is 45.8. The Labute approximate surface area is 374 Å². The summed E-state index contributed by atoms with van der Waals surface area (Å²) >= 11 is 0. The van der Waals surface area contributed by atoms with Crippen LogP contribution in [0, 0.1) is 6.92 Å². The van der Waals surface area contributed by atoms with Crippen molar-refractivity contribution in [3.05, 3.63) is 168 Å². The number of fused-ring (bicyclic) bond motifs is 2. The fraction of sp³-hybridized carbons (Fsp3) is 0.229. The fourth-order valence-corrected chi connectivity index (χ4v) is 7.58. The predicted octanol–water partition coefficient (Wildman–Crippen LogP) is 4.77. The number of aryl methyl sites for hydroxylation is 1. The van der Waals surface area contributed by atoms with Gasteiger partial charge in [0.2, 0.25) is 0 Å². The van der Waals surface area contributed by atoms with Crippen molar-refractivity contribution in [2.45, 2.75) is 44.9 Å². The molecule has 18 nitrogen and oxygen atoms in total. The van der Waals surface area contributed by atoms with Crippen molar-refractivity contribution in [2.24, 2.45) is 0 Å². The number of amides is 4. The Hall–Kier alpha value is -7.93. The average molecular weight is 894 g/mol. The summed E-state index contributed by atoms with van der Waals surface area (Å²) in [6.45, 7) is 4.11. The number of nitrogens with zero attached hydrogens (tertiary/aromatic N) is 5. The second-order valence-electron chi connectivity index (χ2n) is 16.2. The van der Waals surface area contributed by atoms with Crippen LogP contribution in [0.1, 0.15) is 47.0 Å². The smallest absolute Gasteiger partial charge is 0.336 e. The summed E-state index contributed by atoms with van der Waals surface area (Å²) in [6, 6.07) is 30.8. The molecule has 18 heteroatoms. The maximum Gasteiger partial charge on any atom is 0.336 e. The van der Waals surface area contributed by atoms with Crippen LogP contribution >= 0.6 is 0 Å². The summed E-state index contributed by atoms with van der Waals surface area (Å²) in [5, 5.41) is 0. The number of carbonyl (C=O) groups excluding carboxylic acids is 4. The Kier molecular flexibility index (Phi) is 10.8. The molecule has 6 heterocycles. The molecule has 6 aromatic rings. The van der Waals surface area contributed by atoms with Gasteiger partial charge in [0.15, 0.2) is 0 Å². The van der Waals surface area contributed by atoms with Crippen LogP contribution < -0.4 is 36.2 Å². The standard InChI is InChI=1S/C36H24N2O7.C12H15N3O6/c1-21-6-3-8-23(16-21)43-25-10-5-11-26(18-25)44-24-9-4-7-22(17-24)38-35(41)30-15-13-28(20-32(30)36(38)42)45-27-12-14-29-31(19-27)34(40)37(2)33(29)39;16-10-13(1-7-4-19-7)11(17)15(3-9-6-21-9)12(18)14(10)2-8-5-20-8/h3-20H,1-2H3;7-9H,1-6H2. The lowest BCUT2D eigenvalue weighted by Crippen LogP contribution is -2.55. The van der Waals surface area contributed by atoms with E-state index >= 15 is 0 Å². The summed E-state index contributed by atoms with van der Waals surface area (Å²) in [7, 11) is 1.42. The number of anilines is 1. The van der Waals surface area contributed by atoms with Crippen LogP contribution in [0.5, 0.6) is 34.5 Å². The van der Waals surface area contributed by atoms with Gasteiger partial charge in [-0.2, -0.15) is 0 Å². The van der Waals surface area contributed by atoms with Crippen molar-refractivity contribution in [3.63, 3.8) is 0 Å². The molecule has 3 saturated heterocycles. The molecule has 3 atom stereocenters. The third-order valence-electron chi connectivity index (χ3n) is 11.2. The van der Waals surface area contributed by atoms with Crippen molar-refractivity contribution in [2.75, 3.05) is 31.8 Å². The minimum absolute atomic E-state index is 0.121. The summed E-state index contributed by atoms with van der Waals surface area (Å²) in [4.78, 5) is 90.6. The Morgan fingerprint density at radius 3 is 1.32 bits per heavy atom. The first-order valence-electron chi connectivity index (χ1n) is 21.0. The predicted molar refractivity (Wildman–Crippen MR) is 233 cm³/mol. The third-order valence-corrected chi connectivity index (χ3v) is 11.2. The highest BCUT2D eigenvalue weighted by atomic mass is 16.6. The molecule has 0 N–H and O–H groups in total. The molecule has 0 aliphatic carbocycles. The van der Waals surface area contributed by atoms with Gasteiger partial charge in [-0.05, 0) is 85.3 Å². The van der Waals surface area contributed by atoms with Gasteiger partial charge in [0, 0.05) is 19.2 Å². The van der Waals surface area contributed by atoms with Crippen LogP contribution in [0.2, 0.25) is 0 Å². The maximum atomic E-state index is 13.5. The summed E-state index contributed by atoms with van der Waals surface area (Å²) in [6.07, 6.45) is -0.363. The Bertz CT molecular complexity index is 3050. The Balaban J connectivity index is 0.000000202. The first kappa shape index (κ1) is 42.0. The monoisotopic (exact) mass is 893 g/mol. The van der Waals surface area contributed by atoms with Gasteiger partial charge in [0.05, 0.1) is 85.7 Å². The van der Waals surface area contributed by atoms with Crippen LogP contribution in [0.4, 0.5) is 5.69 Å². The van der Waals surface area contributed by atoms with Crippen LogP contribution in [0.25, 0.3) is 0 Å². The van der Waals surface area contributed by atoms with Crippen molar-refractivity contribution >= 4 is 29.3 Å². The molecular weight excluding hydrogens is 855 g/mol. The van der Waals surface area contributed by atoms with Crippen molar-refractivity contribution < 1.29 is 47.6 Å². The molecule has 3 unspecified atom stereocenters. The molecule has 1 aromatic heterocycles. The van der Waals surface area contributed by atoms with E-state index in [4.69, 9.17) is 28.4 Å². The zero-order valence-electron chi connectivity index (χ0n) is 35.4. The minimum Gasteiger partial charge on any atom is -0.457 e. The van der Waals surface area contributed by atoms with Gasteiger partial charge in [-0.3, -0.25) is 24.1 Å². The highest BCUT2D eigenvalue weighted by molar-refractivity contribution is 6.34. The summed E-state index contributed by atoms with van der Waals surface area (Å²) < 4.78 is 36.4. The number of hydrogen-bond donors (Lipinski definition) is 0. The summed E-state index contributed by atoms with van der Waals surface area (Å²) in [5.41, 5.74) is 0.599. The molecule has 0 saturated carbocycles. The van der Waals surface area contributed by atoms with E-state index in [1.54, 1.807) is 48.5 Å². The number of ether oxygens (including phenoxy) is 6. The lowest BCUT2D eigenvalue weighted by atomic mass is 10.1. The van der Waals surface area contributed by atoms with E-state index in [0.29, 0.717) is 65.6 Å². The van der Waals surface area contributed by atoms with Crippen LogP contribution in [-0.2, 0) is 33.8 Å². The van der Waals surface area contributed by atoms with Gasteiger partial charge in [0.25, 0.3) is 23.6 Å². The van der Waals surface area contributed by atoms with Crippen molar-refractivity contribution in [1.82, 2.24) is 18.6 Å². The SMILES string of the molecule is Cc1cccc(Oc2cccc(Oc3cccc(N4C(=O)c5ccc(Oc6ccc7c(c6)C(=O)N(C)C7=O)cc5C4=O)c3)c2)c1.O=c1n(CC2CO2)c(=O)n(CC2CO2)c(=O)n1CC1CO1. The quantitative estimate of drug-likeness (QED) is 0.113. The lowest BCUT2D eigenvalue weighted by Gasteiger charge is -2.15. The van der Waals surface area contributed by atoms with E-state index in [0.717, 1.165) is 29.1 Å². The van der Waals surface area contributed by atoms with Crippen molar-refractivity contribution in [3.8, 4) is 34.5 Å². The molecule has 4 amide bonds. The van der Waals surface area contributed by atoms with Crippen molar-refractivity contribution in [1.29, 1.82) is 0 Å². The number of imide groups is 2. The second kappa shape index (κ2) is 16.9. The van der Waals surface area contributed by atoms with E-state index in [-0.39, 0.29) is 60.5 Å². The third kappa shape index (κ3) is 8.54. The zero-order valence-corrected chi connectivity index (χ0v) is 35.4. The molecule has 334 valence electrons. The van der Waals surface area contributed by atoms with Crippen LogP contribution in [0.15, 0.2) is 124 Å².